The molecule has 162 valence electrons. The zero-order valence-corrected chi connectivity index (χ0v) is 18.5. The summed E-state index contributed by atoms with van der Waals surface area (Å²) in [6, 6.07) is 13.7. The van der Waals surface area contributed by atoms with Crippen LogP contribution in [0.15, 0.2) is 58.3 Å². The summed E-state index contributed by atoms with van der Waals surface area (Å²) in [6.07, 6.45) is 3.59. The Balaban J connectivity index is 1.46. The van der Waals surface area contributed by atoms with Crippen LogP contribution in [0.4, 0.5) is 0 Å². The SMILES string of the molecule is Cc1ccc(Oc2cccc(CN3CCC[C@H](n4cc(C)c(=O)[nH]c4=O)C3)c2)cc1Cl. The Labute approximate surface area is 186 Å². The van der Waals surface area contributed by atoms with Gasteiger partial charge in [0.15, 0.2) is 0 Å². The van der Waals surface area contributed by atoms with E-state index >= 15 is 0 Å². The van der Waals surface area contributed by atoms with Gasteiger partial charge in [-0.1, -0.05) is 29.8 Å². The molecule has 0 amide bonds. The van der Waals surface area contributed by atoms with Crippen LogP contribution in [-0.4, -0.2) is 27.5 Å². The van der Waals surface area contributed by atoms with E-state index in [0.717, 1.165) is 49.4 Å². The molecule has 0 spiro atoms. The van der Waals surface area contributed by atoms with E-state index in [1.54, 1.807) is 17.7 Å². The second-order valence-corrected chi connectivity index (χ2v) is 8.58. The van der Waals surface area contributed by atoms with Crippen molar-refractivity contribution in [2.24, 2.45) is 0 Å². The number of nitrogens with one attached hydrogen (secondary N) is 1. The van der Waals surface area contributed by atoms with Crippen molar-refractivity contribution in [1.29, 1.82) is 0 Å². The fourth-order valence-electron chi connectivity index (χ4n) is 4.00. The van der Waals surface area contributed by atoms with Crippen molar-refractivity contribution in [3.8, 4) is 11.5 Å². The lowest BCUT2D eigenvalue weighted by atomic mass is 10.0. The van der Waals surface area contributed by atoms with Gasteiger partial charge in [-0.2, -0.15) is 0 Å². The number of halogens is 1. The van der Waals surface area contributed by atoms with E-state index < -0.39 is 0 Å². The maximum atomic E-state index is 12.3. The third-order valence-electron chi connectivity index (χ3n) is 5.70. The van der Waals surface area contributed by atoms with Gasteiger partial charge in [-0.25, -0.2) is 4.79 Å². The van der Waals surface area contributed by atoms with Crippen LogP contribution in [0, 0.1) is 13.8 Å². The number of likely N-dealkylation sites (tertiary alicyclic amines) is 1. The molecule has 1 atom stereocenters. The minimum absolute atomic E-state index is 0.0472. The summed E-state index contributed by atoms with van der Waals surface area (Å²) in [4.78, 5) is 28.7. The Morgan fingerprint density at radius 1 is 1.10 bits per heavy atom. The van der Waals surface area contributed by atoms with Crippen molar-refractivity contribution in [1.82, 2.24) is 14.5 Å². The molecule has 1 fully saturated rings. The van der Waals surface area contributed by atoms with E-state index in [2.05, 4.69) is 16.0 Å². The summed E-state index contributed by atoms with van der Waals surface area (Å²) in [5.74, 6) is 1.47. The number of hydrogen-bond acceptors (Lipinski definition) is 4. The maximum Gasteiger partial charge on any atom is 0.328 e. The molecule has 0 unspecified atom stereocenters. The molecule has 0 saturated carbocycles. The van der Waals surface area contributed by atoms with Gasteiger partial charge < -0.3 is 4.74 Å². The summed E-state index contributed by atoms with van der Waals surface area (Å²) in [5, 5.41) is 0.681. The van der Waals surface area contributed by atoms with Crippen molar-refractivity contribution in [3.63, 3.8) is 0 Å². The molecule has 0 bridgehead atoms. The largest absolute Gasteiger partial charge is 0.457 e. The van der Waals surface area contributed by atoms with E-state index in [9.17, 15) is 9.59 Å². The molecular formula is C24H26ClN3O3. The van der Waals surface area contributed by atoms with Crippen LogP contribution in [0.2, 0.25) is 5.02 Å². The van der Waals surface area contributed by atoms with Crippen LogP contribution in [-0.2, 0) is 6.54 Å². The molecule has 0 radical (unpaired) electrons. The second kappa shape index (κ2) is 9.12. The molecule has 0 aliphatic carbocycles. The number of nitrogens with zero attached hydrogens (tertiary/aromatic N) is 2. The third kappa shape index (κ3) is 5.09. The zero-order chi connectivity index (χ0) is 22.0. The van der Waals surface area contributed by atoms with E-state index in [0.29, 0.717) is 16.3 Å². The number of benzene rings is 2. The Morgan fingerprint density at radius 2 is 1.90 bits per heavy atom. The molecular weight excluding hydrogens is 414 g/mol. The minimum Gasteiger partial charge on any atom is -0.457 e. The van der Waals surface area contributed by atoms with Crippen molar-refractivity contribution in [3.05, 3.63) is 91.2 Å². The summed E-state index contributed by atoms with van der Waals surface area (Å²) in [5.41, 5.74) is 2.05. The first-order chi connectivity index (χ1) is 14.9. The molecule has 4 rings (SSSR count). The van der Waals surface area contributed by atoms with Crippen LogP contribution < -0.4 is 16.0 Å². The number of rotatable bonds is 5. The third-order valence-corrected chi connectivity index (χ3v) is 6.11. The zero-order valence-electron chi connectivity index (χ0n) is 17.7. The fourth-order valence-corrected chi connectivity index (χ4v) is 4.17. The first-order valence-electron chi connectivity index (χ1n) is 10.5. The van der Waals surface area contributed by atoms with Gasteiger partial charge >= 0.3 is 5.69 Å². The van der Waals surface area contributed by atoms with E-state index in [1.807, 2.05) is 43.3 Å². The lowest BCUT2D eigenvalue weighted by molar-refractivity contribution is 0.167. The molecule has 1 aliphatic rings. The van der Waals surface area contributed by atoms with Gasteiger partial charge in [-0.05, 0) is 68.6 Å². The van der Waals surface area contributed by atoms with Gasteiger partial charge in [0.2, 0.25) is 0 Å². The summed E-state index contributed by atoms with van der Waals surface area (Å²) in [6.45, 7) is 6.17. The number of piperidine rings is 1. The normalized spacial score (nSPS) is 16.9. The van der Waals surface area contributed by atoms with Crippen molar-refractivity contribution >= 4 is 11.6 Å². The molecule has 1 aromatic heterocycles. The van der Waals surface area contributed by atoms with Gasteiger partial charge in [0.1, 0.15) is 11.5 Å². The Hall–Kier alpha value is -2.83. The predicted octanol–water partition coefficient (Wildman–Crippen LogP) is 4.44. The standard InChI is InChI=1S/C24H26ClN3O3/c1-16-8-9-21(12-22(16)25)31-20-7-3-5-18(11-20)14-27-10-4-6-19(15-27)28-13-17(2)23(29)26-24(28)30/h3,5,7-9,11-13,19H,4,6,10,14-15H2,1-2H3,(H,26,29,30)/t19-/m0/s1. The molecule has 1 aliphatic heterocycles. The van der Waals surface area contributed by atoms with Gasteiger partial charge in [0.25, 0.3) is 5.56 Å². The highest BCUT2D eigenvalue weighted by Crippen LogP contribution is 2.28. The average molecular weight is 440 g/mol. The second-order valence-electron chi connectivity index (χ2n) is 8.17. The summed E-state index contributed by atoms with van der Waals surface area (Å²) >= 11 is 6.20. The molecule has 1 saturated heterocycles. The molecule has 7 heteroatoms. The number of aromatic amines is 1. The highest BCUT2D eigenvalue weighted by Gasteiger charge is 2.22. The number of H-pyrrole nitrogens is 1. The first-order valence-corrected chi connectivity index (χ1v) is 10.8. The fraction of sp³-hybridized carbons (Fsp3) is 0.333. The smallest absolute Gasteiger partial charge is 0.328 e. The van der Waals surface area contributed by atoms with E-state index in [-0.39, 0.29) is 17.3 Å². The van der Waals surface area contributed by atoms with Gasteiger partial charge in [0.05, 0.1) is 6.04 Å². The Bertz CT molecular complexity index is 1200. The van der Waals surface area contributed by atoms with Crippen LogP contribution in [0.1, 0.15) is 35.6 Å². The highest BCUT2D eigenvalue weighted by molar-refractivity contribution is 6.31. The van der Waals surface area contributed by atoms with E-state index in [1.165, 1.54) is 0 Å². The number of aromatic nitrogens is 2. The topological polar surface area (TPSA) is 67.3 Å². The van der Waals surface area contributed by atoms with Crippen LogP contribution in [0.25, 0.3) is 0 Å². The number of aryl methyl sites for hydroxylation is 2. The van der Waals surface area contributed by atoms with Gasteiger partial charge in [0, 0.05) is 29.9 Å². The molecule has 2 aromatic carbocycles. The van der Waals surface area contributed by atoms with Crippen LogP contribution in [0.5, 0.6) is 11.5 Å². The minimum atomic E-state index is -0.338. The monoisotopic (exact) mass is 439 g/mol. The van der Waals surface area contributed by atoms with Crippen molar-refractivity contribution < 1.29 is 4.74 Å². The van der Waals surface area contributed by atoms with E-state index in [4.69, 9.17) is 16.3 Å². The maximum absolute atomic E-state index is 12.3. The molecule has 3 aromatic rings. The Morgan fingerprint density at radius 3 is 2.71 bits per heavy atom. The molecule has 31 heavy (non-hydrogen) atoms. The quantitative estimate of drug-likeness (QED) is 0.638. The molecule has 1 N–H and O–H groups in total. The summed E-state index contributed by atoms with van der Waals surface area (Å²) < 4.78 is 7.66. The molecule has 6 nitrogen and oxygen atoms in total. The average Bonchev–Trinajstić information content (AvgIpc) is 2.74. The predicted molar refractivity (Wildman–Crippen MR) is 122 cm³/mol. The lowest BCUT2D eigenvalue weighted by Gasteiger charge is -2.33. The van der Waals surface area contributed by atoms with Crippen LogP contribution in [0.3, 0.4) is 0 Å². The Kier molecular flexibility index (Phi) is 6.30. The van der Waals surface area contributed by atoms with Crippen molar-refractivity contribution in [2.75, 3.05) is 13.1 Å². The first kappa shape index (κ1) is 21.4. The van der Waals surface area contributed by atoms with Gasteiger partial charge in [-0.15, -0.1) is 0 Å². The lowest BCUT2D eigenvalue weighted by Crippen LogP contribution is -2.41. The van der Waals surface area contributed by atoms with Gasteiger partial charge in [-0.3, -0.25) is 19.2 Å². The van der Waals surface area contributed by atoms with Crippen LogP contribution >= 0.6 is 11.6 Å². The number of ether oxygens (including phenoxy) is 1. The summed E-state index contributed by atoms with van der Waals surface area (Å²) in [7, 11) is 0. The number of hydrogen-bond donors (Lipinski definition) is 1. The highest BCUT2D eigenvalue weighted by atomic mass is 35.5. The van der Waals surface area contributed by atoms with Crippen molar-refractivity contribution in [2.45, 2.75) is 39.3 Å². The molecule has 2 heterocycles.